The molecular formula is C26H32N4O4S. The maximum atomic E-state index is 13.5. The molecule has 0 saturated carbocycles. The van der Waals surface area contributed by atoms with Crippen LogP contribution in [0.5, 0.6) is 0 Å². The second-order valence-corrected chi connectivity index (χ2v) is 11.4. The standard InChI is InChI=1S/C26H32N4O4S/c31-25(27-18-20-9-3-1-4-10-20)19-30-24-17-21(35(33,34)28-14-6-2-7-15-28)12-13-22(24)29-16-8-5-11-23(29)26(30)32/h1,3-4,9-10,12-13,17,23H,2,5-8,11,14-16,18-19H2,(H,27,31)/t23-/m0/s1. The van der Waals surface area contributed by atoms with Gasteiger partial charge in [-0.05, 0) is 55.9 Å². The fraction of sp³-hybridized carbons (Fsp3) is 0.462. The fourth-order valence-corrected chi connectivity index (χ4v) is 6.85. The number of carbonyl (C=O) groups excluding carboxylic acids is 2. The molecule has 0 aliphatic carbocycles. The Hall–Kier alpha value is -2.91. The lowest BCUT2D eigenvalue weighted by atomic mass is 9.96. The number of hydrogen-bond donors (Lipinski definition) is 1. The number of carbonyl (C=O) groups is 2. The Kier molecular flexibility index (Phi) is 6.80. The minimum absolute atomic E-state index is 0.139. The second kappa shape index (κ2) is 9.99. The first-order chi connectivity index (χ1) is 16.9. The number of piperidine rings is 2. The van der Waals surface area contributed by atoms with Crippen molar-refractivity contribution in [3.8, 4) is 0 Å². The summed E-state index contributed by atoms with van der Waals surface area (Å²) >= 11 is 0. The van der Waals surface area contributed by atoms with Crippen LogP contribution in [0.4, 0.5) is 11.4 Å². The van der Waals surface area contributed by atoms with Crippen LogP contribution in [0, 0.1) is 0 Å². The van der Waals surface area contributed by atoms with Gasteiger partial charge in [-0.2, -0.15) is 4.31 Å². The molecule has 5 rings (SSSR count). The molecule has 186 valence electrons. The molecule has 2 amide bonds. The Morgan fingerprint density at radius 3 is 2.43 bits per heavy atom. The Morgan fingerprint density at radius 2 is 1.66 bits per heavy atom. The van der Waals surface area contributed by atoms with Crippen molar-refractivity contribution < 1.29 is 18.0 Å². The first-order valence-corrected chi connectivity index (χ1v) is 13.9. The van der Waals surface area contributed by atoms with Gasteiger partial charge >= 0.3 is 0 Å². The minimum atomic E-state index is -3.66. The van der Waals surface area contributed by atoms with Crippen LogP contribution < -0.4 is 15.1 Å². The lowest BCUT2D eigenvalue weighted by Crippen LogP contribution is -2.57. The summed E-state index contributed by atoms with van der Waals surface area (Å²) in [5.74, 6) is -0.415. The molecule has 3 heterocycles. The molecule has 2 saturated heterocycles. The number of amides is 2. The Bertz CT molecular complexity index is 1200. The van der Waals surface area contributed by atoms with E-state index in [2.05, 4.69) is 10.2 Å². The van der Waals surface area contributed by atoms with Gasteiger partial charge in [0.05, 0.1) is 16.3 Å². The van der Waals surface area contributed by atoms with E-state index < -0.39 is 10.0 Å². The van der Waals surface area contributed by atoms with Crippen molar-refractivity contribution in [2.75, 3.05) is 36.0 Å². The van der Waals surface area contributed by atoms with E-state index in [1.807, 2.05) is 36.4 Å². The maximum absolute atomic E-state index is 13.5. The Morgan fingerprint density at radius 1 is 0.914 bits per heavy atom. The number of rotatable bonds is 6. The van der Waals surface area contributed by atoms with Gasteiger partial charge in [-0.25, -0.2) is 8.42 Å². The summed E-state index contributed by atoms with van der Waals surface area (Å²) in [7, 11) is -3.66. The van der Waals surface area contributed by atoms with E-state index in [9.17, 15) is 18.0 Å². The van der Waals surface area contributed by atoms with Crippen LogP contribution in [0.3, 0.4) is 0 Å². The number of benzene rings is 2. The second-order valence-electron chi connectivity index (χ2n) is 9.51. The Labute approximate surface area is 206 Å². The van der Waals surface area contributed by atoms with Gasteiger partial charge in [0.15, 0.2) is 0 Å². The number of fused-ring (bicyclic) bond motifs is 3. The van der Waals surface area contributed by atoms with Gasteiger partial charge in [0.2, 0.25) is 21.8 Å². The van der Waals surface area contributed by atoms with E-state index in [1.54, 1.807) is 12.1 Å². The third-order valence-corrected chi connectivity index (χ3v) is 9.08. The predicted molar refractivity (Wildman–Crippen MR) is 135 cm³/mol. The number of nitrogens with one attached hydrogen (secondary N) is 1. The molecule has 0 spiro atoms. The number of nitrogens with zero attached hydrogens (tertiary/aromatic N) is 3. The number of sulfonamides is 1. The van der Waals surface area contributed by atoms with E-state index in [1.165, 1.54) is 9.21 Å². The normalized spacial score (nSPS) is 20.8. The van der Waals surface area contributed by atoms with Gasteiger partial charge in [0.1, 0.15) is 12.6 Å². The molecule has 35 heavy (non-hydrogen) atoms. The Balaban J connectivity index is 1.44. The average Bonchev–Trinajstić information content (AvgIpc) is 2.90. The summed E-state index contributed by atoms with van der Waals surface area (Å²) in [5.41, 5.74) is 2.29. The van der Waals surface area contributed by atoms with Gasteiger partial charge in [-0.3, -0.25) is 14.5 Å². The molecule has 2 fully saturated rings. The van der Waals surface area contributed by atoms with Crippen LogP contribution in [0.2, 0.25) is 0 Å². The summed E-state index contributed by atoms with van der Waals surface area (Å²) in [6.45, 7) is 2.00. The molecule has 3 aliphatic rings. The highest BCUT2D eigenvalue weighted by atomic mass is 32.2. The first-order valence-electron chi connectivity index (χ1n) is 12.5. The zero-order valence-corrected chi connectivity index (χ0v) is 20.7. The highest BCUT2D eigenvalue weighted by Crippen LogP contribution is 2.41. The van der Waals surface area contributed by atoms with Crippen molar-refractivity contribution in [1.82, 2.24) is 9.62 Å². The third-order valence-electron chi connectivity index (χ3n) is 7.19. The third kappa shape index (κ3) is 4.79. The largest absolute Gasteiger partial charge is 0.358 e. The SMILES string of the molecule is O=C(CN1C(=O)[C@@H]2CCCCN2c2ccc(S(=O)(=O)N3CCCCC3)cc21)NCc1ccccc1. The highest BCUT2D eigenvalue weighted by Gasteiger charge is 2.41. The predicted octanol–water partition coefficient (Wildman–Crippen LogP) is 2.88. The molecule has 9 heteroatoms. The summed E-state index contributed by atoms with van der Waals surface area (Å²) in [6, 6.07) is 14.3. The average molecular weight is 497 g/mol. The van der Waals surface area contributed by atoms with E-state index in [0.29, 0.717) is 25.3 Å². The lowest BCUT2D eigenvalue weighted by molar-refractivity contribution is -0.125. The van der Waals surface area contributed by atoms with E-state index in [4.69, 9.17) is 0 Å². The lowest BCUT2D eigenvalue weighted by Gasteiger charge is -2.45. The van der Waals surface area contributed by atoms with Crippen LogP contribution in [0.25, 0.3) is 0 Å². The summed E-state index contributed by atoms with van der Waals surface area (Å²) < 4.78 is 28.2. The van der Waals surface area contributed by atoms with Gasteiger partial charge in [0, 0.05) is 26.2 Å². The maximum Gasteiger partial charge on any atom is 0.250 e. The van der Waals surface area contributed by atoms with E-state index in [0.717, 1.165) is 56.3 Å². The van der Waals surface area contributed by atoms with Crippen molar-refractivity contribution in [3.05, 3.63) is 54.1 Å². The fourth-order valence-electron chi connectivity index (χ4n) is 5.31. The molecule has 8 nitrogen and oxygen atoms in total. The van der Waals surface area contributed by atoms with Crippen LogP contribution in [-0.2, 0) is 26.2 Å². The molecule has 2 aromatic carbocycles. The number of anilines is 2. The summed E-state index contributed by atoms with van der Waals surface area (Å²) in [4.78, 5) is 30.2. The highest BCUT2D eigenvalue weighted by molar-refractivity contribution is 7.89. The van der Waals surface area contributed by atoms with E-state index in [-0.39, 0.29) is 29.3 Å². The van der Waals surface area contributed by atoms with Gasteiger partial charge in [0.25, 0.3) is 0 Å². The zero-order chi connectivity index (χ0) is 24.4. The smallest absolute Gasteiger partial charge is 0.250 e. The summed E-state index contributed by atoms with van der Waals surface area (Å²) in [5, 5.41) is 2.89. The van der Waals surface area contributed by atoms with Gasteiger partial charge in [-0.1, -0.05) is 36.8 Å². The molecule has 1 atom stereocenters. The van der Waals surface area contributed by atoms with Crippen molar-refractivity contribution in [3.63, 3.8) is 0 Å². The van der Waals surface area contributed by atoms with Crippen LogP contribution in [-0.4, -0.2) is 56.8 Å². The van der Waals surface area contributed by atoms with Crippen molar-refractivity contribution in [2.24, 2.45) is 0 Å². The van der Waals surface area contributed by atoms with Crippen LogP contribution >= 0.6 is 0 Å². The van der Waals surface area contributed by atoms with Gasteiger partial charge in [-0.15, -0.1) is 0 Å². The van der Waals surface area contributed by atoms with Gasteiger partial charge < -0.3 is 10.2 Å². The van der Waals surface area contributed by atoms with E-state index >= 15 is 0 Å². The molecule has 0 unspecified atom stereocenters. The van der Waals surface area contributed by atoms with Crippen LogP contribution in [0.1, 0.15) is 44.1 Å². The van der Waals surface area contributed by atoms with Crippen molar-refractivity contribution in [1.29, 1.82) is 0 Å². The number of hydrogen-bond acceptors (Lipinski definition) is 5. The minimum Gasteiger partial charge on any atom is -0.358 e. The van der Waals surface area contributed by atoms with Crippen LogP contribution in [0.15, 0.2) is 53.4 Å². The monoisotopic (exact) mass is 496 g/mol. The molecule has 3 aliphatic heterocycles. The van der Waals surface area contributed by atoms with Crippen molar-refractivity contribution in [2.45, 2.75) is 56.0 Å². The topological polar surface area (TPSA) is 90.0 Å². The molecule has 2 aromatic rings. The zero-order valence-electron chi connectivity index (χ0n) is 19.9. The quantitative estimate of drug-likeness (QED) is 0.664. The van der Waals surface area contributed by atoms with Crippen molar-refractivity contribution >= 4 is 33.2 Å². The first kappa shape index (κ1) is 23.8. The molecule has 1 N–H and O–H groups in total. The molecule has 0 aromatic heterocycles. The molecule has 0 radical (unpaired) electrons. The summed E-state index contributed by atoms with van der Waals surface area (Å²) in [6.07, 6.45) is 5.41. The molecular weight excluding hydrogens is 464 g/mol. The molecule has 0 bridgehead atoms.